The number of carbonyl (C=O) groups is 1. The molecule has 0 aliphatic carbocycles. The van der Waals surface area contributed by atoms with Crippen LogP contribution in [-0.4, -0.2) is 13.1 Å². The summed E-state index contributed by atoms with van der Waals surface area (Å²) in [5.74, 6) is -0.270. The smallest absolute Gasteiger partial charge is 0.338 e. The fourth-order valence-corrected chi connectivity index (χ4v) is 2.71. The molecule has 0 saturated heterocycles. The van der Waals surface area contributed by atoms with E-state index in [1.807, 2.05) is 18.2 Å². The molecule has 0 N–H and O–H groups in total. The first-order valence-corrected chi connectivity index (χ1v) is 7.86. The maximum absolute atomic E-state index is 11.8. The Balaban J connectivity index is 2.10. The Morgan fingerprint density at radius 3 is 2.62 bits per heavy atom. The van der Waals surface area contributed by atoms with Gasteiger partial charge in [-0.3, -0.25) is 0 Å². The predicted molar refractivity (Wildman–Crippen MR) is 87.8 cm³/mol. The first kappa shape index (κ1) is 15.6. The van der Waals surface area contributed by atoms with Crippen molar-refractivity contribution < 1.29 is 9.53 Å². The minimum Gasteiger partial charge on any atom is -0.465 e. The molecule has 2 heteroatoms. The highest BCUT2D eigenvalue weighted by Gasteiger charge is 2.09. The Morgan fingerprint density at radius 1 is 1.05 bits per heavy atom. The number of ether oxygens (including phenoxy) is 1. The first-order chi connectivity index (χ1) is 10.3. The van der Waals surface area contributed by atoms with Crippen LogP contribution in [0, 0.1) is 0 Å². The van der Waals surface area contributed by atoms with E-state index in [-0.39, 0.29) is 5.97 Å². The molecule has 0 aromatic heterocycles. The molecule has 0 saturated carbocycles. The number of hydrogen-bond acceptors (Lipinski definition) is 2. The standard InChI is InChI=1S/C19H24O2/c1-3-4-5-6-7-9-15-12-13-17-16(14-15)10-8-11-18(17)19(20)21-2/h8,10-14H,3-7,9H2,1-2H3. The van der Waals surface area contributed by atoms with E-state index >= 15 is 0 Å². The molecule has 0 spiro atoms. The van der Waals surface area contributed by atoms with Gasteiger partial charge in [0.2, 0.25) is 0 Å². The van der Waals surface area contributed by atoms with E-state index in [2.05, 4.69) is 25.1 Å². The van der Waals surface area contributed by atoms with E-state index < -0.39 is 0 Å². The van der Waals surface area contributed by atoms with Gasteiger partial charge in [0.1, 0.15) is 0 Å². The molecule has 0 heterocycles. The first-order valence-electron chi connectivity index (χ1n) is 7.86. The van der Waals surface area contributed by atoms with Crippen LogP contribution < -0.4 is 0 Å². The summed E-state index contributed by atoms with van der Waals surface area (Å²) >= 11 is 0. The largest absolute Gasteiger partial charge is 0.465 e. The lowest BCUT2D eigenvalue weighted by Gasteiger charge is -2.07. The SMILES string of the molecule is CCCCCCCc1ccc2c(C(=O)OC)cccc2c1. The third kappa shape index (κ3) is 4.07. The van der Waals surface area contributed by atoms with Gasteiger partial charge in [-0.05, 0) is 35.2 Å². The molecule has 2 nitrogen and oxygen atoms in total. The number of esters is 1. The van der Waals surface area contributed by atoms with E-state index in [1.54, 1.807) is 0 Å². The molecule has 0 atom stereocenters. The quantitative estimate of drug-likeness (QED) is 0.520. The van der Waals surface area contributed by atoms with Gasteiger partial charge in [0.05, 0.1) is 12.7 Å². The second-order valence-corrected chi connectivity index (χ2v) is 5.52. The van der Waals surface area contributed by atoms with Crippen molar-refractivity contribution in [3.05, 3.63) is 47.5 Å². The van der Waals surface area contributed by atoms with Crippen LogP contribution in [-0.2, 0) is 11.2 Å². The number of unbranched alkanes of at least 4 members (excludes halogenated alkanes) is 4. The van der Waals surface area contributed by atoms with Gasteiger partial charge in [0.25, 0.3) is 0 Å². The van der Waals surface area contributed by atoms with E-state index in [4.69, 9.17) is 4.74 Å². The zero-order valence-corrected chi connectivity index (χ0v) is 13.0. The minimum absolute atomic E-state index is 0.270. The normalized spacial score (nSPS) is 10.8. The zero-order valence-electron chi connectivity index (χ0n) is 13.0. The van der Waals surface area contributed by atoms with Crippen LogP contribution in [0.2, 0.25) is 0 Å². The number of carbonyl (C=O) groups excluding carboxylic acids is 1. The van der Waals surface area contributed by atoms with Crippen LogP contribution in [0.1, 0.15) is 54.9 Å². The van der Waals surface area contributed by atoms with Gasteiger partial charge < -0.3 is 4.74 Å². The van der Waals surface area contributed by atoms with E-state index in [1.165, 1.54) is 44.8 Å². The number of aryl methyl sites for hydroxylation is 1. The lowest BCUT2D eigenvalue weighted by Crippen LogP contribution is -2.01. The molecule has 21 heavy (non-hydrogen) atoms. The van der Waals surface area contributed by atoms with Crippen LogP contribution in [0.5, 0.6) is 0 Å². The summed E-state index contributed by atoms with van der Waals surface area (Å²) in [6.07, 6.45) is 7.60. The van der Waals surface area contributed by atoms with Crippen molar-refractivity contribution in [1.29, 1.82) is 0 Å². The fourth-order valence-electron chi connectivity index (χ4n) is 2.71. The molecule has 2 aromatic rings. The Kier molecular flexibility index (Phi) is 5.79. The van der Waals surface area contributed by atoms with Gasteiger partial charge in [-0.15, -0.1) is 0 Å². The topological polar surface area (TPSA) is 26.3 Å². The molecular formula is C19H24O2. The van der Waals surface area contributed by atoms with Crippen LogP contribution in [0.4, 0.5) is 0 Å². The monoisotopic (exact) mass is 284 g/mol. The maximum atomic E-state index is 11.8. The van der Waals surface area contributed by atoms with E-state index in [9.17, 15) is 4.79 Å². The highest BCUT2D eigenvalue weighted by molar-refractivity contribution is 6.04. The summed E-state index contributed by atoms with van der Waals surface area (Å²) in [4.78, 5) is 11.8. The lowest BCUT2D eigenvalue weighted by atomic mass is 9.99. The minimum atomic E-state index is -0.270. The molecular weight excluding hydrogens is 260 g/mol. The molecule has 0 amide bonds. The van der Waals surface area contributed by atoms with Crippen LogP contribution in [0.3, 0.4) is 0 Å². The molecule has 0 aliphatic rings. The van der Waals surface area contributed by atoms with Crippen molar-refractivity contribution in [2.45, 2.75) is 45.4 Å². The van der Waals surface area contributed by atoms with Gasteiger partial charge in [-0.1, -0.05) is 62.9 Å². The van der Waals surface area contributed by atoms with Gasteiger partial charge >= 0.3 is 5.97 Å². The Labute approximate surface area is 127 Å². The molecule has 0 fully saturated rings. The highest BCUT2D eigenvalue weighted by atomic mass is 16.5. The summed E-state index contributed by atoms with van der Waals surface area (Å²) in [5, 5.41) is 2.09. The van der Waals surface area contributed by atoms with Crippen molar-refractivity contribution in [2.75, 3.05) is 7.11 Å². The average molecular weight is 284 g/mol. The van der Waals surface area contributed by atoms with Crippen molar-refractivity contribution in [3.8, 4) is 0 Å². The van der Waals surface area contributed by atoms with Crippen molar-refractivity contribution >= 4 is 16.7 Å². The van der Waals surface area contributed by atoms with Crippen LogP contribution in [0.15, 0.2) is 36.4 Å². The Hall–Kier alpha value is -1.83. The molecule has 0 bridgehead atoms. The number of rotatable bonds is 7. The molecule has 0 unspecified atom stereocenters. The summed E-state index contributed by atoms with van der Waals surface area (Å²) < 4.78 is 4.84. The fraction of sp³-hybridized carbons (Fsp3) is 0.421. The van der Waals surface area contributed by atoms with Crippen LogP contribution in [0.25, 0.3) is 10.8 Å². The molecule has 112 valence electrons. The molecule has 2 rings (SSSR count). The number of fused-ring (bicyclic) bond motifs is 1. The van der Waals surface area contributed by atoms with E-state index in [0.717, 1.165) is 17.2 Å². The Bertz CT molecular complexity index is 602. The van der Waals surface area contributed by atoms with Crippen molar-refractivity contribution in [1.82, 2.24) is 0 Å². The van der Waals surface area contributed by atoms with Gasteiger partial charge in [-0.25, -0.2) is 4.79 Å². The average Bonchev–Trinajstić information content (AvgIpc) is 2.53. The van der Waals surface area contributed by atoms with Crippen LogP contribution >= 0.6 is 0 Å². The molecule has 0 radical (unpaired) electrons. The van der Waals surface area contributed by atoms with Gasteiger partial charge in [0, 0.05) is 0 Å². The van der Waals surface area contributed by atoms with Gasteiger partial charge in [-0.2, -0.15) is 0 Å². The second kappa shape index (κ2) is 7.82. The number of benzene rings is 2. The number of hydrogen-bond donors (Lipinski definition) is 0. The summed E-state index contributed by atoms with van der Waals surface area (Å²) in [6.45, 7) is 2.24. The van der Waals surface area contributed by atoms with E-state index in [0.29, 0.717) is 5.56 Å². The summed E-state index contributed by atoms with van der Waals surface area (Å²) in [5.41, 5.74) is 1.99. The highest BCUT2D eigenvalue weighted by Crippen LogP contribution is 2.22. The van der Waals surface area contributed by atoms with Crippen molar-refractivity contribution in [2.24, 2.45) is 0 Å². The summed E-state index contributed by atoms with van der Waals surface area (Å²) in [7, 11) is 1.42. The lowest BCUT2D eigenvalue weighted by molar-refractivity contribution is 0.0603. The van der Waals surface area contributed by atoms with Crippen molar-refractivity contribution in [3.63, 3.8) is 0 Å². The third-order valence-corrected chi connectivity index (χ3v) is 3.92. The predicted octanol–water partition coefficient (Wildman–Crippen LogP) is 5.14. The second-order valence-electron chi connectivity index (χ2n) is 5.52. The molecule has 2 aromatic carbocycles. The van der Waals surface area contributed by atoms with Gasteiger partial charge in [0.15, 0.2) is 0 Å². The summed E-state index contributed by atoms with van der Waals surface area (Å²) in [6, 6.07) is 12.2. The zero-order chi connectivity index (χ0) is 15.1. The number of methoxy groups -OCH3 is 1. The maximum Gasteiger partial charge on any atom is 0.338 e. The molecule has 0 aliphatic heterocycles. The Morgan fingerprint density at radius 2 is 1.86 bits per heavy atom. The third-order valence-electron chi connectivity index (χ3n) is 3.92.